The van der Waals surface area contributed by atoms with Crippen molar-refractivity contribution in [2.24, 2.45) is 0 Å². The van der Waals surface area contributed by atoms with Crippen molar-refractivity contribution in [1.82, 2.24) is 15.2 Å². The van der Waals surface area contributed by atoms with Crippen LogP contribution in [-0.4, -0.2) is 54.5 Å². The molecule has 0 saturated carbocycles. The Morgan fingerprint density at radius 3 is 2.32 bits per heavy atom. The van der Waals surface area contributed by atoms with Crippen molar-refractivity contribution in [1.29, 1.82) is 0 Å². The average molecular weight is 389 g/mol. The van der Waals surface area contributed by atoms with Crippen molar-refractivity contribution in [2.75, 3.05) is 42.9 Å². The molecule has 0 aliphatic carbocycles. The van der Waals surface area contributed by atoms with Gasteiger partial charge in [0.2, 0.25) is 0 Å². The summed E-state index contributed by atoms with van der Waals surface area (Å²) >= 11 is 0. The molecular weight excluding hydrogens is 368 g/mol. The Kier molecular flexibility index (Phi) is 6.03. The van der Waals surface area contributed by atoms with E-state index in [2.05, 4.69) is 15.6 Å². The second-order valence-corrected chi connectivity index (χ2v) is 6.33. The molecule has 28 heavy (non-hydrogen) atoms. The van der Waals surface area contributed by atoms with Gasteiger partial charge in [0.25, 0.3) is 5.91 Å². The molecule has 2 N–H and O–H groups in total. The number of nitrogens with one attached hydrogen (secondary N) is 2. The number of nitrogens with zero attached hydrogens (tertiary/aromatic N) is 3. The number of urea groups is 1. The fourth-order valence-corrected chi connectivity index (χ4v) is 2.98. The lowest BCUT2D eigenvalue weighted by atomic mass is 10.1. The number of amides is 3. The van der Waals surface area contributed by atoms with E-state index >= 15 is 0 Å². The summed E-state index contributed by atoms with van der Waals surface area (Å²) in [6, 6.07) is 6.08. The van der Waals surface area contributed by atoms with E-state index in [9.17, 15) is 18.4 Å². The second-order valence-electron chi connectivity index (χ2n) is 6.33. The first-order valence-corrected chi connectivity index (χ1v) is 8.97. The molecule has 1 fully saturated rings. The van der Waals surface area contributed by atoms with Crippen LogP contribution >= 0.6 is 0 Å². The van der Waals surface area contributed by atoms with E-state index in [4.69, 9.17) is 0 Å². The molecule has 0 radical (unpaired) electrons. The predicted molar refractivity (Wildman–Crippen MR) is 101 cm³/mol. The van der Waals surface area contributed by atoms with Crippen molar-refractivity contribution in [3.8, 4) is 0 Å². The quantitative estimate of drug-likeness (QED) is 0.842. The monoisotopic (exact) mass is 389 g/mol. The van der Waals surface area contributed by atoms with E-state index in [0.29, 0.717) is 38.4 Å². The maximum absolute atomic E-state index is 13.3. The van der Waals surface area contributed by atoms with Gasteiger partial charge in [-0.2, -0.15) is 0 Å². The number of hydrogen-bond donors (Lipinski definition) is 2. The fraction of sp³-hybridized carbons (Fsp3) is 0.316. The molecule has 1 saturated heterocycles. The van der Waals surface area contributed by atoms with Gasteiger partial charge in [0, 0.05) is 44.4 Å². The summed E-state index contributed by atoms with van der Waals surface area (Å²) in [5.41, 5.74) is 0.585. The Hall–Kier alpha value is -3.23. The third-order valence-corrected chi connectivity index (χ3v) is 4.34. The fourth-order valence-electron chi connectivity index (χ4n) is 2.98. The van der Waals surface area contributed by atoms with Crippen LogP contribution in [0.25, 0.3) is 0 Å². The first-order valence-electron chi connectivity index (χ1n) is 8.97. The Morgan fingerprint density at radius 1 is 1.07 bits per heavy atom. The van der Waals surface area contributed by atoms with Gasteiger partial charge in [-0.25, -0.2) is 18.6 Å². The van der Waals surface area contributed by atoms with Crippen LogP contribution in [-0.2, 0) is 0 Å². The number of hydrogen-bond acceptors (Lipinski definition) is 4. The van der Waals surface area contributed by atoms with Gasteiger partial charge in [-0.3, -0.25) is 4.79 Å². The molecule has 7 nitrogen and oxygen atoms in total. The van der Waals surface area contributed by atoms with Crippen LogP contribution in [0.15, 0.2) is 36.5 Å². The molecule has 0 spiro atoms. The number of halogens is 2. The van der Waals surface area contributed by atoms with E-state index in [-0.39, 0.29) is 11.6 Å². The number of pyridine rings is 1. The Balaban J connectivity index is 1.57. The molecule has 1 aliphatic rings. The topological polar surface area (TPSA) is 77.6 Å². The van der Waals surface area contributed by atoms with Crippen molar-refractivity contribution in [3.05, 3.63) is 53.7 Å². The smallest absolute Gasteiger partial charge is 0.319 e. The van der Waals surface area contributed by atoms with Gasteiger partial charge in [-0.15, -0.1) is 0 Å². The van der Waals surface area contributed by atoms with Gasteiger partial charge in [0.1, 0.15) is 17.5 Å². The number of carbonyl (C=O) groups is 2. The highest BCUT2D eigenvalue weighted by atomic mass is 19.1. The molecule has 0 unspecified atom stereocenters. The van der Waals surface area contributed by atoms with E-state index in [1.807, 2.05) is 11.8 Å². The van der Waals surface area contributed by atoms with E-state index in [1.165, 1.54) is 0 Å². The molecule has 1 aromatic carbocycles. The van der Waals surface area contributed by atoms with Crippen LogP contribution in [0.2, 0.25) is 0 Å². The summed E-state index contributed by atoms with van der Waals surface area (Å²) in [6.07, 6.45) is 1.57. The maximum atomic E-state index is 13.3. The van der Waals surface area contributed by atoms with Crippen molar-refractivity contribution < 1.29 is 18.4 Å². The van der Waals surface area contributed by atoms with E-state index < -0.39 is 17.5 Å². The summed E-state index contributed by atoms with van der Waals surface area (Å²) in [7, 11) is 0. The molecular formula is C19H21F2N5O2. The van der Waals surface area contributed by atoms with E-state index in [1.54, 1.807) is 23.2 Å². The zero-order valence-electron chi connectivity index (χ0n) is 15.4. The van der Waals surface area contributed by atoms with Gasteiger partial charge in [0.05, 0.1) is 11.9 Å². The van der Waals surface area contributed by atoms with Gasteiger partial charge < -0.3 is 20.4 Å². The van der Waals surface area contributed by atoms with Crippen LogP contribution < -0.4 is 15.5 Å². The van der Waals surface area contributed by atoms with Crippen LogP contribution in [0.3, 0.4) is 0 Å². The van der Waals surface area contributed by atoms with Crippen LogP contribution in [0, 0.1) is 11.6 Å². The van der Waals surface area contributed by atoms with Crippen LogP contribution in [0.5, 0.6) is 0 Å². The molecule has 0 atom stereocenters. The minimum absolute atomic E-state index is 0.00450. The number of aromatic nitrogens is 1. The zero-order valence-corrected chi connectivity index (χ0v) is 15.4. The average Bonchev–Trinajstić information content (AvgIpc) is 2.67. The first kappa shape index (κ1) is 19.5. The van der Waals surface area contributed by atoms with Crippen molar-refractivity contribution >= 4 is 23.4 Å². The minimum Gasteiger partial charge on any atom is -0.353 e. The SMILES string of the molecule is CCNC(=O)Nc1ccc(N2CCN(C(=O)c3cc(F)cc(F)c3)CC2)nc1. The highest BCUT2D eigenvalue weighted by Gasteiger charge is 2.23. The summed E-state index contributed by atoms with van der Waals surface area (Å²) in [6.45, 7) is 4.27. The molecule has 9 heteroatoms. The summed E-state index contributed by atoms with van der Waals surface area (Å²) in [5.74, 6) is -1.21. The lowest BCUT2D eigenvalue weighted by Gasteiger charge is -2.35. The predicted octanol–water partition coefficient (Wildman–Crippen LogP) is 2.46. The second kappa shape index (κ2) is 8.64. The Bertz CT molecular complexity index is 832. The standard InChI is InChI=1S/C19H21F2N5O2/c1-2-22-19(28)24-16-3-4-17(23-12-16)25-5-7-26(8-6-25)18(27)13-9-14(20)11-15(21)10-13/h3-4,9-12H,2,5-8H2,1H3,(H2,22,24,28). The normalized spacial score (nSPS) is 14.0. The molecule has 3 amide bonds. The Morgan fingerprint density at radius 2 is 1.75 bits per heavy atom. The summed E-state index contributed by atoms with van der Waals surface area (Å²) in [4.78, 5) is 31.9. The number of benzene rings is 1. The summed E-state index contributed by atoms with van der Waals surface area (Å²) in [5, 5.41) is 5.31. The highest BCUT2D eigenvalue weighted by Crippen LogP contribution is 2.18. The molecule has 0 bridgehead atoms. The molecule has 1 aromatic heterocycles. The van der Waals surface area contributed by atoms with Gasteiger partial charge in [-0.1, -0.05) is 0 Å². The van der Waals surface area contributed by atoms with Gasteiger partial charge in [0.15, 0.2) is 0 Å². The summed E-state index contributed by atoms with van der Waals surface area (Å²) < 4.78 is 26.7. The molecule has 1 aliphatic heterocycles. The molecule has 3 rings (SSSR count). The number of piperazine rings is 1. The van der Waals surface area contributed by atoms with E-state index in [0.717, 1.165) is 24.0 Å². The zero-order chi connectivity index (χ0) is 20.1. The number of carbonyl (C=O) groups excluding carboxylic acids is 2. The third-order valence-electron chi connectivity index (χ3n) is 4.34. The number of anilines is 2. The molecule has 2 aromatic rings. The van der Waals surface area contributed by atoms with Gasteiger partial charge in [-0.05, 0) is 31.2 Å². The van der Waals surface area contributed by atoms with Crippen molar-refractivity contribution in [2.45, 2.75) is 6.92 Å². The first-order chi connectivity index (χ1) is 13.5. The van der Waals surface area contributed by atoms with Crippen molar-refractivity contribution in [3.63, 3.8) is 0 Å². The molecule has 2 heterocycles. The lowest BCUT2D eigenvalue weighted by Crippen LogP contribution is -2.49. The van der Waals surface area contributed by atoms with Gasteiger partial charge >= 0.3 is 6.03 Å². The third kappa shape index (κ3) is 4.73. The maximum Gasteiger partial charge on any atom is 0.319 e. The Labute approximate surface area is 161 Å². The number of rotatable bonds is 4. The lowest BCUT2D eigenvalue weighted by molar-refractivity contribution is 0.0745. The minimum atomic E-state index is -0.771. The van der Waals surface area contributed by atoms with Crippen LogP contribution in [0.1, 0.15) is 17.3 Å². The molecule has 148 valence electrons. The highest BCUT2D eigenvalue weighted by molar-refractivity contribution is 5.94. The largest absolute Gasteiger partial charge is 0.353 e. The van der Waals surface area contributed by atoms with Crippen LogP contribution in [0.4, 0.5) is 25.1 Å².